The molecule has 31 heavy (non-hydrogen) atoms. The lowest BCUT2D eigenvalue weighted by Gasteiger charge is -2.13. The van der Waals surface area contributed by atoms with Crippen molar-refractivity contribution in [2.75, 3.05) is 0 Å². The number of carbonyl (C=O) groups is 2. The smallest absolute Gasteiger partial charge is 0.217 e. The molecule has 0 bridgehead atoms. The molecule has 3 aromatic carbocycles. The summed E-state index contributed by atoms with van der Waals surface area (Å²) in [6.07, 6.45) is 4.03. The Hall–Kier alpha value is -3.73. The number of hydrogen-bond donors (Lipinski definition) is 2. The first-order valence-corrected chi connectivity index (χ1v) is 10.3. The predicted octanol–water partition coefficient (Wildman–Crippen LogP) is 5.55. The van der Waals surface area contributed by atoms with Crippen molar-refractivity contribution in [1.82, 2.24) is 10.2 Å². The molecule has 4 rings (SSSR count). The van der Waals surface area contributed by atoms with Crippen LogP contribution in [-0.2, 0) is 16.0 Å². The van der Waals surface area contributed by atoms with Gasteiger partial charge < -0.3 is 10.5 Å². The highest BCUT2D eigenvalue weighted by Crippen LogP contribution is 2.33. The number of H-pyrrole nitrogens is 1. The van der Waals surface area contributed by atoms with E-state index >= 15 is 0 Å². The maximum atomic E-state index is 11.4. The molecule has 0 spiro atoms. The summed E-state index contributed by atoms with van der Waals surface area (Å²) in [7, 11) is 0. The molecule has 0 aliphatic heterocycles. The Kier molecular flexibility index (Phi) is 9.17. The van der Waals surface area contributed by atoms with Crippen LogP contribution in [0.15, 0.2) is 72.9 Å². The van der Waals surface area contributed by atoms with Crippen molar-refractivity contribution in [3.05, 3.63) is 78.5 Å². The molecular weight excluding hydrogens is 386 g/mol. The van der Waals surface area contributed by atoms with Gasteiger partial charge in [0.05, 0.1) is 11.7 Å². The minimum Gasteiger partial charge on any atom is -0.370 e. The molecule has 0 saturated carbocycles. The summed E-state index contributed by atoms with van der Waals surface area (Å²) >= 11 is 0. The number of aromatic nitrogens is 2. The third kappa shape index (κ3) is 6.12. The summed E-state index contributed by atoms with van der Waals surface area (Å²) in [5.74, 6) is -0.289. The summed E-state index contributed by atoms with van der Waals surface area (Å²) < 4.78 is 0. The minimum atomic E-state index is -0.289. The highest BCUT2D eigenvalue weighted by molar-refractivity contribution is 5.95. The summed E-state index contributed by atoms with van der Waals surface area (Å²) in [4.78, 5) is 19.4. The number of carbonyl (C=O) groups excluding carboxylic acids is 2. The van der Waals surface area contributed by atoms with E-state index in [1.54, 1.807) is 0 Å². The van der Waals surface area contributed by atoms with Crippen LogP contribution in [0, 0.1) is 0 Å². The number of aryl methyl sites for hydroxylation is 1. The number of nitrogens with two attached hydrogens (primary N) is 1. The number of nitrogens with zero attached hydrogens (tertiary/aromatic N) is 1. The Morgan fingerprint density at radius 3 is 2.32 bits per heavy atom. The van der Waals surface area contributed by atoms with E-state index in [1.807, 2.05) is 43.3 Å². The average molecular weight is 416 g/mol. The molecule has 1 heterocycles. The maximum absolute atomic E-state index is 11.4. The fourth-order valence-corrected chi connectivity index (χ4v) is 3.33. The largest absolute Gasteiger partial charge is 0.370 e. The van der Waals surface area contributed by atoms with Crippen molar-refractivity contribution < 1.29 is 9.59 Å². The zero-order valence-corrected chi connectivity index (χ0v) is 18.1. The van der Waals surface area contributed by atoms with Gasteiger partial charge in [0, 0.05) is 11.8 Å². The van der Waals surface area contributed by atoms with Crippen LogP contribution in [0.1, 0.15) is 32.3 Å². The molecule has 5 heteroatoms. The van der Waals surface area contributed by atoms with Crippen molar-refractivity contribution in [1.29, 1.82) is 0 Å². The first-order valence-electron chi connectivity index (χ1n) is 10.3. The highest BCUT2D eigenvalue weighted by Gasteiger charge is 2.12. The van der Waals surface area contributed by atoms with Gasteiger partial charge in [0.15, 0.2) is 0 Å². The normalized spacial score (nSPS) is 9.87. The molecule has 0 atom stereocenters. The van der Waals surface area contributed by atoms with E-state index in [2.05, 4.69) is 60.4 Å². The van der Waals surface area contributed by atoms with Crippen molar-refractivity contribution in [2.24, 2.45) is 5.73 Å². The molecule has 0 fully saturated rings. The summed E-state index contributed by atoms with van der Waals surface area (Å²) in [5, 5.41) is 8.24. The molecular formula is C26H29N3O2. The summed E-state index contributed by atoms with van der Waals surface area (Å²) in [6.45, 7) is 6.25. The van der Waals surface area contributed by atoms with Crippen LogP contribution in [0.5, 0.6) is 0 Å². The first kappa shape index (κ1) is 23.5. The Labute approximate surface area is 183 Å². The molecule has 0 saturated heterocycles. The number of primary amides is 1. The van der Waals surface area contributed by atoms with E-state index in [-0.39, 0.29) is 5.91 Å². The fraction of sp³-hybridized carbons (Fsp3) is 0.192. The number of fused-ring (bicyclic) bond motifs is 1. The average Bonchev–Trinajstić information content (AvgIpc) is 3.29. The standard InChI is InChI=1S/C22H19N3O.C3H8.CH2O/c23-22(26)12-10-17-13-16(15-5-2-1-3-6-15)9-11-18(17)19-7-4-8-21-20(19)14-24-25-21;1-3-2;1-2/h1-9,11,13-14H,10,12H2,(H2,23,26)(H,24,25);3H2,1-2H3;1H2. The lowest BCUT2D eigenvalue weighted by atomic mass is 9.91. The van der Waals surface area contributed by atoms with Gasteiger partial charge in [0.1, 0.15) is 6.79 Å². The minimum absolute atomic E-state index is 0.289. The second kappa shape index (κ2) is 12.1. The van der Waals surface area contributed by atoms with E-state index < -0.39 is 0 Å². The van der Waals surface area contributed by atoms with Crippen LogP contribution < -0.4 is 5.73 Å². The summed E-state index contributed by atoms with van der Waals surface area (Å²) in [6, 6.07) is 22.7. The number of hydrogen-bond acceptors (Lipinski definition) is 3. The fourth-order valence-electron chi connectivity index (χ4n) is 3.33. The Bertz CT molecular complexity index is 1100. The molecule has 0 unspecified atom stereocenters. The Balaban J connectivity index is 0.000000630. The quantitative estimate of drug-likeness (QED) is 0.448. The number of nitrogens with one attached hydrogen (secondary N) is 1. The SMILES string of the molecule is C=O.CCC.NC(=O)CCc1cc(-c2ccccc2)ccc1-c1cccc2[nH]ncc12. The van der Waals surface area contributed by atoms with Gasteiger partial charge in [0.2, 0.25) is 5.91 Å². The summed E-state index contributed by atoms with van der Waals surface area (Å²) in [5.41, 5.74) is 12.0. The lowest BCUT2D eigenvalue weighted by molar-refractivity contribution is -0.118. The Morgan fingerprint density at radius 2 is 1.65 bits per heavy atom. The number of aromatic amines is 1. The van der Waals surface area contributed by atoms with Gasteiger partial charge in [-0.25, -0.2) is 0 Å². The highest BCUT2D eigenvalue weighted by atomic mass is 16.1. The van der Waals surface area contributed by atoms with E-state index in [0.29, 0.717) is 12.8 Å². The zero-order chi connectivity index (χ0) is 22.6. The molecule has 0 aliphatic carbocycles. The van der Waals surface area contributed by atoms with Crippen LogP contribution in [0.25, 0.3) is 33.2 Å². The van der Waals surface area contributed by atoms with Crippen LogP contribution in [0.3, 0.4) is 0 Å². The van der Waals surface area contributed by atoms with Crippen LogP contribution in [0.2, 0.25) is 0 Å². The number of rotatable bonds is 5. The lowest BCUT2D eigenvalue weighted by Crippen LogP contribution is -2.11. The van der Waals surface area contributed by atoms with Gasteiger partial charge in [-0.2, -0.15) is 5.10 Å². The van der Waals surface area contributed by atoms with Gasteiger partial charge in [0.25, 0.3) is 0 Å². The second-order valence-electron chi connectivity index (χ2n) is 7.05. The monoisotopic (exact) mass is 415 g/mol. The molecule has 0 radical (unpaired) electrons. The Morgan fingerprint density at radius 1 is 0.935 bits per heavy atom. The van der Waals surface area contributed by atoms with E-state index in [1.165, 1.54) is 6.42 Å². The third-order valence-corrected chi connectivity index (χ3v) is 4.63. The van der Waals surface area contributed by atoms with Gasteiger partial charge >= 0.3 is 0 Å². The van der Waals surface area contributed by atoms with Crippen molar-refractivity contribution in [2.45, 2.75) is 33.1 Å². The first-order chi connectivity index (χ1) is 15.1. The topological polar surface area (TPSA) is 88.8 Å². The van der Waals surface area contributed by atoms with Gasteiger partial charge in [-0.15, -0.1) is 0 Å². The molecule has 1 amide bonds. The third-order valence-electron chi connectivity index (χ3n) is 4.63. The molecule has 160 valence electrons. The van der Waals surface area contributed by atoms with E-state index in [9.17, 15) is 4.79 Å². The molecule has 1 aromatic heterocycles. The van der Waals surface area contributed by atoms with Crippen molar-refractivity contribution >= 4 is 23.6 Å². The van der Waals surface area contributed by atoms with E-state index in [0.717, 1.165) is 38.7 Å². The zero-order valence-electron chi connectivity index (χ0n) is 18.1. The van der Waals surface area contributed by atoms with Crippen LogP contribution >= 0.6 is 0 Å². The molecule has 5 nitrogen and oxygen atoms in total. The van der Waals surface area contributed by atoms with Crippen LogP contribution in [0.4, 0.5) is 0 Å². The molecule has 3 N–H and O–H groups in total. The van der Waals surface area contributed by atoms with Crippen molar-refractivity contribution in [3.63, 3.8) is 0 Å². The van der Waals surface area contributed by atoms with Gasteiger partial charge in [-0.05, 0) is 40.3 Å². The van der Waals surface area contributed by atoms with Crippen LogP contribution in [-0.4, -0.2) is 22.9 Å². The second-order valence-corrected chi connectivity index (χ2v) is 7.05. The van der Waals surface area contributed by atoms with Gasteiger partial charge in [-0.3, -0.25) is 9.89 Å². The van der Waals surface area contributed by atoms with Crippen molar-refractivity contribution in [3.8, 4) is 22.3 Å². The number of amides is 1. The molecule has 4 aromatic rings. The van der Waals surface area contributed by atoms with E-state index in [4.69, 9.17) is 10.5 Å². The van der Waals surface area contributed by atoms with Gasteiger partial charge in [-0.1, -0.05) is 80.9 Å². The number of benzene rings is 3. The maximum Gasteiger partial charge on any atom is 0.217 e. The predicted molar refractivity (Wildman–Crippen MR) is 128 cm³/mol. The molecule has 0 aliphatic rings.